The highest BCUT2D eigenvalue weighted by molar-refractivity contribution is 5.91. The molecule has 0 fully saturated rings. The van der Waals surface area contributed by atoms with Gasteiger partial charge in [-0.15, -0.1) is 0 Å². The summed E-state index contributed by atoms with van der Waals surface area (Å²) in [6.45, 7) is 1.96. The van der Waals surface area contributed by atoms with Gasteiger partial charge in [-0.1, -0.05) is 24.3 Å². The summed E-state index contributed by atoms with van der Waals surface area (Å²) in [7, 11) is 0. The number of para-hydroxylation sites is 1. The van der Waals surface area contributed by atoms with Crippen molar-refractivity contribution in [2.75, 3.05) is 5.32 Å². The molecule has 0 bridgehead atoms. The van der Waals surface area contributed by atoms with Crippen LogP contribution < -0.4 is 16.4 Å². The first-order chi connectivity index (χ1) is 14.5. The smallest absolute Gasteiger partial charge is 0.261 e. The van der Waals surface area contributed by atoms with Crippen LogP contribution in [0, 0.1) is 6.92 Å². The van der Waals surface area contributed by atoms with Gasteiger partial charge in [-0.05, 0) is 31.2 Å². The molecule has 4 aromatic rings. The van der Waals surface area contributed by atoms with Crippen LogP contribution in [0.1, 0.15) is 12.1 Å². The fourth-order valence-corrected chi connectivity index (χ4v) is 3.17. The Kier molecular flexibility index (Phi) is 5.21. The standard InChI is InChI=1S/C22H19N5O3/c1-14-11-20(29)26-21(24-14)15-5-4-6-16(12-15)25-19(28)9-10-27-13-23-18-8-3-2-7-17(18)22(27)30/h2-8,11-13H,9-10H2,1H3,(H,25,28)(H,24,26,29). The highest BCUT2D eigenvalue weighted by Crippen LogP contribution is 2.19. The molecule has 4 rings (SSSR count). The number of fused-ring (bicyclic) bond motifs is 1. The van der Waals surface area contributed by atoms with E-state index in [2.05, 4.69) is 20.3 Å². The molecule has 8 heteroatoms. The number of carbonyl (C=O) groups is 1. The first kappa shape index (κ1) is 19.3. The molecule has 0 unspecified atom stereocenters. The van der Waals surface area contributed by atoms with Gasteiger partial charge in [0.05, 0.1) is 17.2 Å². The predicted octanol–water partition coefficient (Wildman–Crippen LogP) is 2.48. The van der Waals surface area contributed by atoms with Crippen molar-refractivity contribution in [2.24, 2.45) is 0 Å². The molecule has 2 heterocycles. The van der Waals surface area contributed by atoms with Crippen molar-refractivity contribution in [3.63, 3.8) is 0 Å². The van der Waals surface area contributed by atoms with Crippen LogP contribution in [-0.2, 0) is 11.3 Å². The minimum Gasteiger partial charge on any atom is -0.326 e. The number of hydrogen-bond acceptors (Lipinski definition) is 5. The van der Waals surface area contributed by atoms with Crippen molar-refractivity contribution < 1.29 is 4.79 Å². The maximum absolute atomic E-state index is 12.5. The normalized spacial score (nSPS) is 10.8. The lowest BCUT2D eigenvalue weighted by atomic mass is 10.2. The number of rotatable bonds is 5. The Morgan fingerprint density at radius 3 is 2.77 bits per heavy atom. The first-order valence-electron chi connectivity index (χ1n) is 9.42. The number of amides is 1. The van der Waals surface area contributed by atoms with Crippen molar-refractivity contribution in [3.05, 3.63) is 87.3 Å². The summed E-state index contributed by atoms with van der Waals surface area (Å²) in [6.07, 6.45) is 1.57. The van der Waals surface area contributed by atoms with Crippen molar-refractivity contribution >= 4 is 22.5 Å². The number of hydrogen-bond donors (Lipinski definition) is 2. The molecule has 0 radical (unpaired) electrons. The summed E-state index contributed by atoms with van der Waals surface area (Å²) in [4.78, 5) is 47.9. The minimum atomic E-state index is -0.238. The maximum atomic E-state index is 12.5. The van der Waals surface area contributed by atoms with E-state index in [1.807, 2.05) is 6.07 Å². The van der Waals surface area contributed by atoms with E-state index >= 15 is 0 Å². The summed E-state index contributed by atoms with van der Waals surface area (Å²) < 4.78 is 1.43. The Hall–Kier alpha value is -4.07. The van der Waals surface area contributed by atoms with Gasteiger partial charge in [-0.25, -0.2) is 9.97 Å². The molecule has 0 atom stereocenters. The second-order valence-electron chi connectivity index (χ2n) is 6.87. The Balaban J connectivity index is 1.46. The van der Waals surface area contributed by atoms with Crippen LogP contribution in [0.2, 0.25) is 0 Å². The number of carbonyl (C=O) groups excluding carboxylic acids is 1. The first-order valence-corrected chi connectivity index (χ1v) is 9.42. The number of anilines is 1. The monoisotopic (exact) mass is 401 g/mol. The van der Waals surface area contributed by atoms with Gasteiger partial charge in [0.2, 0.25) is 5.91 Å². The Morgan fingerprint density at radius 1 is 1.10 bits per heavy atom. The maximum Gasteiger partial charge on any atom is 0.261 e. The number of H-pyrrole nitrogens is 1. The fraction of sp³-hybridized carbons (Fsp3) is 0.136. The average Bonchev–Trinajstić information content (AvgIpc) is 2.73. The number of aryl methyl sites for hydroxylation is 2. The third kappa shape index (κ3) is 4.17. The molecule has 2 N–H and O–H groups in total. The molecule has 1 amide bonds. The van der Waals surface area contributed by atoms with Crippen molar-refractivity contribution in [2.45, 2.75) is 19.9 Å². The van der Waals surface area contributed by atoms with Gasteiger partial charge in [0, 0.05) is 36.0 Å². The van der Waals surface area contributed by atoms with E-state index < -0.39 is 0 Å². The lowest BCUT2D eigenvalue weighted by Gasteiger charge is -2.09. The molecule has 0 spiro atoms. The molecule has 2 aromatic carbocycles. The molecule has 0 aliphatic heterocycles. The highest BCUT2D eigenvalue weighted by Gasteiger charge is 2.08. The molecule has 150 valence electrons. The summed E-state index contributed by atoms with van der Waals surface area (Å²) >= 11 is 0. The summed E-state index contributed by atoms with van der Waals surface area (Å²) in [5.41, 5.74) is 2.08. The van der Waals surface area contributed by atoms with Crippen molar-refractivity contribution in [3.8, 4) is 11.4 Å². The van der Waals surface area contributed by atoms with E-state index in [0.717, 1.165) is 0 Å². The SMILES string of the molecule is Cc1cc(=O)[nH]c(-c2cccc(NC(=O)CCn3cnc4ccccc4c3=O)c2)n1. The molecular formula is C22H19N5O3. The Morgan fingerprint density at radius 2 is 1.93 bits per heavy atom. The van der Waals surface area contributed by atoms with Crippen LogP contribution in [0.3, 0.4) is 0 Å². The van der Waals surface area contributed by atoms with Crippen LogP contribution in [0.5, 0.6) is 0 Å². The van der Waals surface area contributed by atoms with Crippen LogP contribution in [0.15, 0.2) is 70.5 Å². The summed E-state index contributed by atoms with van der Waals surface area (Å²) in [5.74, 6) is 0.197. The van der Waals surface area contributed by atoms with Gasteiger partial charge in [0.15, 0.2) is 0 Å². The van der Waals surface area contributed by atoms with Gasteiger partial charge < -0.3 is 10.3 Å². The van der Waals surface area contributed by atoms with Crippen molar-refractivity contribution in [1.29, 1.82) is 0 Å². The zero-order valence-corrected chi connectivity index (χ0v) is 16.3. The predicted molar refractivity (Wildman–Crippen MR) is 114 cm³/mol. The second kappa shape index (κ2) is 8.12. The summed E-state index contributed by atoms with van der Waals surface area (Å²) in [6, 6.07) is 15.6. The zero-order valence-electron chi connectivity index (χ0n) is 16.3. The minimum absolute atomic E-state index is 0.115. The van der Waals surface area contributed by atoms with Crippen molar-refractivity contribution in [1.82, 2.24) is 19.5 Å². The Labute approximate surface area is 171 Å². The quantitative estimate of drug-likeness (QED) is 0.534. The van der Waals surface area contributed by atoms with E-state index in [0.29, 0.717) is 33.7 Å². The number of aromatic amines is 1. The van der Waals surface area contributed by atoms with E-state index in [9.17, 15) is 14.4 Å². The lowest BCUT2D eigenvalue weighted by molar-refractivity contribution is -0.116. The van der Waals surface area contributed by atoms with Gasteiger partial charge in [-0.3, -0.25) is 19.0 Å². The number of nitrogens with zero attached hydrogens (tertiary/aromatic N) is 3. The number of aromatic nitrogens is 4. The molecule has 2 aromatic heterocycles. The topological polar surface area (TPSA) is 110 Å². The van der Waals surface area contributed by atoms with E-state index in [1.54, 1.807) is 49.4 Å². The molecule has 8 nitrogen and oxygen atoms in total. The molecule has 30 heavy (non-hydrogen) atoms. The van der Waals surface area contributed by atoms with E-state index in [-0.39, 0.29) is 30.0 Å². The van der Waals surface area contributed by atoms with Gasteiger partial charge in [0.25, 0.3) is 11.1 Å². The van der Waals surface area contributed by atoms with Gasteiger partial charge in [0.1, 0.15) is 5.82 Å². The largest absolute Gasteiger partial charge is 0.326 e. The summed E-state index contributed by atoms with van der Waals surface area (Å²) in [5, 5.41) is 3.33. The molecule has 0 aliphatic rings. The van der Waals surface area contributed by atoms with E-state index in [4.69, 9.17) is 0 Å². The molecule has 0 saturated carbocycles. The molecule has 0 saturated heterocycles. The van der Waals surface area contributed by atoms with Crippen LogP contribution in [0.25, 0.3) is 22.3 Å². The average molecular weight is 401 g/mol. The fourth-order valence-electron chi connectivity index (χ4n) is 3.17. The zero-order chi connectivity index (χ0) is 21.1. The van der Waals surface area contributed by atoms with Crippen LogP contribution in [0.4, 0.5) is 5.69 Å². The van der Waals surface area contributed by atoms with E-state index in [1.165, 1.54) is 17.0 Å². The highest BCUT2D eigenvalue weighted by atomic mass is 16.2. The third-order valence-corrected chi connectivity index (χ3v) is 4.60. The number of nitrogens with one attached hydrogen (secondary N) is 2. The molecule has 0 aliphatic carbocycles. The second-order valence-corrected chi connectivity index (χ2v) is 6.87. The van der Waals surface area contributed by atoms with Crippen LogP contribution >= 0.6 is 0 Å². The number of benzene rings is 2. The third-order valence-electron chi connectivity index (χ3n) is 4.60. The van der Waals surface area contributed by atoms with Gasteiger partial charge >= 0.3 is 0 Å². The Bertz CT molecular complexity index is 1360. The van der Waals surface area contributed by atoms with Gasteiger partial charge in [-0.2, -0.15) is 0 Å². The lowest BCUT2D eigenvalue weighted by Crippen LogP contribution is -2.23. The molecular weight excluding hydrogens is 382 g/mol. The van der Waals surface area contributed by atoms with Crippen LogP contribution in [-0.4, -0.2) is 25.4 Å².